The molecule has 0 amide bonds. The number of rotatable bonds is 5. The van der Waals surface area contributed by atoms with Gasteiger partial charge in [-0.1, -0.05) is 33.8 Å². The highest BCUT2D eigenvalue weighted by molar-refractivity contribution is 5.13. The Morgan fingerprint density at radius 1 is 1.15 bits per heavy atom. The topological polar surface area (TPSA) is 25.4 Å². The second-order valence-electron chi connectivity index (χ2n) is 5.49. The predicted octanol–water partition coefficient (Wildman–Crippen LogP) is 3.84. The standard InChI is InChI=1S/C13H22N2.C4H8O/c1-5-15(6-2)10-12-8-7-9-13(14-12)11(3)4;1-2-4-5-3-1/h7-9,11H,5-6,10H2,1-4H3;1-4H2. The summed E-state index contributed by atoms with van der Waals surface area (Å²) >= 11 is 0. The molecule has 20 heavy (non-hydrogen) atoms. The first-order valence-corrected chi connectivity index (χ1v) is 7.93. The van der Waals surface area contributed by atoms with Gasteiger partial charge in [-0.05, 0) is 44.0 Å². The molecule has 0 saturated carbocycles. The van der Waals surface area contributed by atoms with E-state index in [0.717, 1.165) is 32.8 Å². The van der Waals surface area contributed by atoms with Gasteiger partial charge in [-0.2, -0.15) is 0 Å². The van der Waals surface area contributed by atoms with Crippen molar-refractivity contribution in [1.82, 2.24) is 9.88 Å². The number of pyridine rings is 1. The van der Waals surface area contributed by atoms with Gasteiger partial charge in [-0.3, -0.25) is 9.88 Å². The molecule has 3 nitrogen and oxygen atoms in total. The summed E-state index contributed by atoms with van der Waals surface area (Å²) in [5, 5.41) is 0. The number of nitrogens with zero attached hydrogens (tertiary/aromatic N) is 2. The van der Waals surface area contributed by atoms with E-state index < -0.39 is 0 Å². The van der Waals surface area contributed by atoms with Gasteiger partial charge < -0.3 is 4.74 Å². The van der Waals surface area contributed by atoms with Gasteiger partial charge in [0.25, 0.3) is 0 Å². The van der Waals surface area contributed by atoms with Crippen molar-refractivity contribution in [1.29, 1.82) is 0 Å². The van der Waals surface area contributed by atoms with E-state index >= 15 is 0 Å². The van der Waals surface area contributed by atoms with Crippen molar-refractivity contribution in [2.45, 2.75) is 53.0 Å². The Hall–Kier alpha value is -0.930. The van der Waals surface area contributed by atoms with Crippen LogP contribution in [-0.4, -0.2) is 36.2 Å². The van der Waals surface area contributed by atoms with Crippen LogP contribution in [0.2, 0.25) is 0 Å². The number of ether oxygens (including phenoxy) is 1. The molecule has 2 heterocycles. The van der Waals surface area contributed by atoms with Crippen LogP contribution in [0.5, 0.6) is 0 Å². The SMILES string of the molecule is C1CCOC1.CCN(CC)Cc1cccc(C(C)C)n1. The highest BCUT2D eigenvalue weighted by Gasteiger charge is 2.05. The maximum Gasteiger partial charge on any atom is 0.0547 e. The molecule has 114 valence electrons. The van der Waals surface area contributed by atoms with Crippen LogP contribution in [0.25, 0.3) is 0 Å². The van der Waals surface area contributed by atoms with Crippen LogP contribution in [0.15, 0.2) is 18.2 Å². The van der Waals surface area contributed by atoms with Crippen molar-refractivity contribution in [3.05, 3.63) is 29.6 Å². The minimum Gasteiger partial charge on any atom is -0.381 e. The zero-order valence-corrected chi connectivity index (χ0v) is 13.6. The van der Waals surface area contributed by atoms with Crippen LogP contribution < -0.4 is 0 Å². The molecule has 1 saturated heterocycles. The molecule has 2 rings (SSSR count). The summed E-state index contributed by atoms with van der Waals surface area (Å²) < 4.78 is 4.94. The summed E-state index contributed by atoms with van der Waals surface area (Å²) in [5.41, 5.74) is 2.38. The maximum absolute atomic E-state index is 4.94. The molecule has 0 radical (unpaired) electrons. The quantitative estimate of drug-likeness (QED) is 0.818. The van der Waals surface area contributed by atoms with Gasteiger partial charge in [-0.15, -0.1) is 0 Å². The third kappa shape index (κ3) is 6.49. The zero-order chi connectivity index (χ0) is 14.8. The summed E-state index contributed by atoms with van der Waals surface area (Å²) in [7, 11) is 0. The Labute approximate surface area is 124 Å². The van der Waals surface area contributed by atoms with Crippen molar-refractivity contribution < 1.29 is 4.74 Å². The minimum atomic E-state index is 0.515. The van der Waals surface area contributed by atoms with Gasteiger partial charge in [0, 0.05) is 25.5 Å². The molecular weight excluding hydrogens is 248 g/mol. The lowest BCUT2D eigenvalue weighted by atomic mass is 10.1. The smallest absolute Gasteiger partial charge is 0.0547 e. The number of hydrogen-bond acceptors (Lipinski definition) is 3. The highest BCUT2D eigenvalue weighted by atomic mass is 16.5. The largest absolute Gasteiger partial charge is 0.381 e. The number of hydrogen-bond donors (Lipinski definition) is 0. The molecule has 1 aliphatic heterocycles. The van der Waals surface area contributed by atoms with E-state index in [2.05, 4.69) is 55.8 Å². The van der Waals surface area contributed by atoms with Gasteiger partial charge in [0.2, 0.25) is 0 Å². The fourth-order valence-electron chi connectivity index (χ4n) is 2.09. The van der Waals surface area contributed by atoms with E-state index in [4.69, 9.17) is 4.74 Å². The van der Waals surface area contributed by atoms with Gasteiger partial charge >= 0.3 is 0 Å². The summed E-state index contributed by atoms with van der Waals surface area (Å²) in [5.74, 6) is 0.515. The Balaban J connectivity index is 0.000000333. The molecule has 1 fully saturated rings. The second kappa shape index (κ2) is 9.89. The summed E-state index contributed by atoms with van der Waals surface area (Å²) in [4.78, 5) is 7.05. The van der Waals surface area contributed by atoms with Crippen molar-refractivity contribution in [2.75, 3.05) is 26.3 Å². The molecule has 0 bridgehead atoms. The maximum atomic E-state index is 4.94. The van der Waals surface area contributed by atoms with Gasteiger partial charge in [0.1, 0.15) is 0 Å². The Kier molecular flexibility index (Phi) is 8.47. The van der Waals surface area contributed by atoms with Crippen molar-refractivity contribution in [3.63, 3.8) is 0 Å². The van der Waals surface area contributed by atoms with E-state index in [1.165, 1.54) is 24.2 Å². The average molecular weight is 278 g/mol. The monoisotopic (exact) mass is 278 g/mol. The number of aromatic nitrogens is 1. The molecule has 0 unspecified atom stereocenters. The van der Waals surface area contributed by atoms with E-state index in [0.29, 0.717) is 5.92 Å². The van der Waals surface area contributed by atoms with Crippen molar-refractivity contribution in [2.24, 2.45) is 0 Å². The lowest BCUT2D eigenvalue weighted by Gasteiger charge is -2.18. The minimum absolute atomic E-state index is 0.515. The summed E-state index contributed by atoms with van der Waals surface area (Å²) in [6, 6.07) is 6.34. The molecule has 0 atom stereocenters. The zero-order valence-electron chi connectivity index (χ0n) is 13.6. The fraction of sp³-hybridized carbons (Fsp3) is 0.706. The van der Waals surface area contributed by atoms with Gasteiger partial charge in [0.05, 0.1) is 5.69 Å². The van der Waals surface area contributed by atoms with E-state index in [-0.39, 0.29) is 0 Å². The Bertz CT molecular complexity index is 350. The van der Waals surface area contributed by atoms with Crippen LogP contribution >= 0.6 is 0 Å². The van der Waals surface area contributed by atoms with Crippen LogP contribution in [0.3, 0.4) is 0 Å². The molecule has 1 aromatic heterocycles. The molecular formula is C17H30N2O. The van der Waals surface area contributed by atoms with Gasteiger partial charge in [0.15, 0.2) is 0 Å². The highest BCUT2D eigenvalue weighted by Crippen LogP contribution is 2.12. The molecule has 1 aromatic rings. The molecule has 3 heteroatoms. The molecule has 0 spiro atoms. The normalized spacial score (nSPS) is 14.5. The summed E-state index contributed by atoms with van der Waals surface area (Å²) in [6.07, 6.45) is 2.56. The first kappa shape index (κ1) is 17.1. The average Bonchev–Trinajstić information content (AvgIpc) is 3.04. The summed E-state index contributed by atoms with van der Waals surface area (Å²) in [6.45, 7) is 13.9. The lowest BCUT2D eigenvalue weighted by molar-refractivity contribution is 0.198. The molecule has 0 N–H and O–H groups in total. The first-order chi connectivity index (χ1) is 9.67. The van der Waals surface area contributed by atoms with E-state index in [1.807, 2.05) is 0 Å². The third-order valence-electron chi connectivity index (χ3n) is 3.53. The van der Waals surface area contributed by atoms with Crippen LogP contribution in [-0.2, 0) is 11.3 Å². The Morgan fingerprint density at radius 2 is 1.80 bits per heavy atom. The van der Waals surface area contributed by atoms with Crippen molar-refractivity contribution in [3.8, 4) is 0 Å². The lowest BCUT2D eigenvalue weighted by Crippen LogP contribution is -2.22. The predicted molar refractivity (Wildman–Crippen MR) is 85.0 cm³/mol. The van der Waals surface area contributed by atoms with Crippen LogP contribution in [0.1, 0.15) is 57.8 Å². The Morgan fingerprint density at radius 3 is 2.25 bits per heavy atom. The van der Waals surface area contributed by atoms with Crippen LogP contribution in [0, 0.1) is 0 Å². The molecule has 0 aliphatic carbocycles. The third-order valence-corrected chi connectivity index (χ3v) is 3.53. The van der Waals surface area contributed by atoms with Crippen molar-refractivity contribution >= 4 is 0 Å². The van der Waals surface area contributed by atoms with E-state index in [9.17, 15) is 0 Å². The fourth-order valence-corrected chi connectivity index (χ4v) is 2.09. The van der Waals surface area contributed by atoms with Gasteiger partial charge in [-0.25, -0.2) is 0 Å². The first-order valence-electron chi connectivity index (χ1n) is 7.93. The second-order valence-corrected chi connectivity index (χ2v) is 5.49. The van der Waals surface area contributed by atoms with E-state index in [1.54, 1.807) is 0 Å². The molecule has 1 aliphatic rings. The molecule has 0 aromatic carbocycles. The van der Waals surface area contributed by atoms with Crippen LogP contribution in [0.4, 0.5) is 0 Å².